The second-order valence-corrected chi connectivity index (χ2v) is 6.84. The summed E-state index contributed by atoms with van der Waals surface area (Å²) in [5.74, 6) is 1.71. The van der Waals surface area contributed by atoms with Crippen molar-refractivity contribution >= 4 is 39.1 Å². The third-order valence-corrected chi connectivity index (χ3v) is 4.90. The van der Waals surface area contributed by atoms with Gasteiger partial charge in [-0.1, -0.05) is 12.1 Å². The van der Waals surface area contributed by atoms with Crippen molar-refractivity contribution in [3.8, 4) is 11.4 Å². The molecule has 21 heavy (non-hydrogen) atoms. The molecule has 0 fully saturated rings. The van der Waals surface area contributed by atoms with Crippen molar-refractivity contribution in [1.82, 2.24) is 9.97 Å². The molecule has 0 saturated carbocycles. The van der Waals surface area contributed by atoms with Gasteiger partial charge in [-0.05, 0) is 38.3 Å². The molecular formula is C16H17N3S2. The summed E-state index contributed by atoms with van der Waals surface area (Å²) in [6.07, 6.45) is 2.08. The van der Waals surface area contributed by atoms with Crippen LogP contribution in [0.4, 0.5) is 5.82 Å². The van der Waals surface area contributed by atoms with Crippen molar-refractivity contribution in [3.63, 3.8) is 0 Å². The van der Waals surface area contributed by atoms with E-state index in [4.69, 9.17) is 9.97 Å². The van der Waals surface area contributed by atoms with Crippen molar-refractivity contribution < 1.29 is 0 Å². The van der Waals surface area contributed by atoms with Crippen LogP contribution in [-0.4, -0.2) is 22.8 Å². The number of aromatic nitrogens is 2. The first-order chi connectivity index (χ1) is 10.2. The summed E-state index contributed by atoms with van der Waals surface area (Å²) in [4.78, 5) is 13.0. The number of fused-ring (bicyclic) bond motifs is 1. The summed E-state index contributed by atoms with van der Waals surface area (Å²) in [7, 11) is 0. The Hall–Kier alpha value is -1.59. The van der Waals surface area contributed by atoms with Crippen LogP contribution in [0.1, 0.15) is 11.8 Å². The fraction of sp³-hybridized carbons (Fsp3) is 0.250. The van der Waals surface area contributed by atoms with E-state index in [-0.39, 0.29) is 0 Å². The fourth-order valence-electron chi connectivity index (χ4n) is 2.21. The van der Waals surface area contributed by atoms with E-state index in [2.05, 4.69) is 55.8 Å². The first kappa shape index (κ1) is 14.4. The number of rotatable bonds is 4. The third kappa shape index (κ3) is 2.89. The van der Waals surface area contributed by atoms with Gasteiger partial charge in [-0.2, -0.15) is 0 Å². The van der Waals surface area contributed by atoms with Gasteiger partial charge in [0.25, 0.3) is 0 Å². The predicted octanol–water partition coefficient (Wildman–Crippen LogP) is 4.82. The smallest absolute Gasteiger partial charge is 0.163 e. The number of nitrogens with one attached hydrogen (secondary N) is 1. The first-order valence-corrected chi connectivity index (χ1v) is 8.92. The van der Waals surface area contributed by atoms with Crippen LogP contribution < -0.4 is 5.32 Å². The molecule has 3 nitrogen and oxygen atoms in total. The molecule has 0 aliphatic heterocycles. The quantitative estimate of drug-likeness (QED) is 0.700. The van der Waals surface area contributed by atoms with Crippen LogP contribution >= 0.6 is 23.1 Å². The number of aryl methyl sites for hydroxylation is 1. The number of benzene rings is 1. The van der Waals surface area contributed by atoms with Crippen molar-refractivity contribution in [2.75, 3.05) is 18.1 Å². The number of thioether (sulfide) groups is 1. The zero-order valence-corrected chi connectivity index (χ0v) is 13.9. The summed E-state index contributed by atoms with van der Waals surface area (Å²) < 4.78 is 0. The van der Waals surface area contributed by atoms with E-state index in [0.717, 1.165) is 34.0 Å². The molecule has 0 radical (unpaired) electrons. The molecule has 108 valence electrons. The molecule has 2 heterocycles. The van der Waals surface area contributed by atoms with Gasteiger partial charge in [0.15, 0.2) is 5.82 Å². The molecule has 0 aliphatic carbocycles. The largest absolute Gasteiger partial charge is 0.370 e. The van der Waals surface area contributed by atoms with E-state index in [1.165, 1.54) is 9.77 Å². The molecule has 0 aliphatic rings. The second kappa shape index (κ2) is 6.03. The van der Waals surface area contributed by atoms with E-state index >= 15 is 0 Å². The standard InChI is InChI=1S/C16H17N3S2/c1-4-17-15-13-9-10(2)21-16(13)19-14(18-15)11-5-7-12(20-3)8-6-11/h5-9H,4H2,1-3H3,(H,17,18,19). The van der Waals surface area contributed by atoms with Crippen LogP contribution in [0.2, 0.25) is 0 Å². The van der Waals surface area contributed by atoms with Crippen molar-refractivity contribution in [3.05, 3.63) is 35.2 Å². The molecular weight excluding hydrogens is 298 g/mol. The lowest BCUT2D eigenvalue weighted by Gasteiger charge is -2.07. The number of hydrogen-bond donors (Lipinski definition) is 1. The van der Waals surface area contributed by atoms with Crippen LogP contribution in [-0.2, 0) is 0 Å². The minimum atomic E-state index is 0.785. The number of thiophene rings is 1. The lowest BCUT2D eigenvalue weighted by Crippen LogP contribution is -2.01. The molecule has 0 atom stereocenters. The highest BCUT2D eigenvalue weighted by atomic mass is 32.2. The average molecular weight is 315 g/mol. The molecule has 0 unspecified atom stereocenters. The van der Waals surface area contributed by atoms with Gasteiger partial charge < -0.3 is 5.32 Å². The van der Waals surface area contributed by atoms with Crippen molar-refractivity contribution in [1.29, 1.82) is 0 Å². The Morgan fingerprint density at radius 2 is 1.95 bits per heavy atom. The predicted molar refractivity (Wildman–Crippen MR) is 93.5 cm³/mol. The van der Waals surface area contributed by atoms with Gasteiger partial charge in [-0.3, -0.25) is 0 Å². The molecule has 0 bridgehead atoms. The average Bonchev–Trinajstić information content (AvgIpc) is 2.88. The molecule has 0 saturated heterocycles. The lowest BCUT2D eigenvalue weighted by atomic mass is 10.2. The minimum Gasteiger partial charge on any atom is -0.370 e. The van der Waals surface area contributed by atoms with Gasteiger partial charge in [0.2, 0.25) is 0 Å². The Balaban J connectivity index is 2.12. The summed E-state index contributed by atoms with van der Waals surface area (Å²) in [6.45, 7) is 5.04. The number of anilines is 1. The lowest BCUT2D eigenvalue weighted by molar-refractivity contribution is 1.15. The van der Waals surface area contributed by atoms with Gasteiger partial charge in [0.1, 0.15) is 10.6 Å². The maximum absolute atomic E-state index is 4.73. The SMILES string of the molecule is CCNc1nc(-c2ccc(SC)cc2)nc2sc(C)cc12. The molecule has 0 amide bonds. The normalized spacial score (nSPS) is 11.0. The zero-order chi connectivity index (χ0) is 14.8. The molecule has 1 aromatic carbocycles. The van der Waals surface area contributed by atoms with Crippen LogP contribution in [0, 0.1) is 6.92 Å². The summed E-state index contributed by atoms with van der Waals surface area (Å²) in [5, 5.41) is 4.46. The van der Waals surface area contributed by atoms with Gasteiger partial charge in [0, 0.05) is 21.9 Å². The number of nitrogens with zero attached hydrogens (tertiary/aromatic N) is 2. The molecule has 0 spiro atoms. The highest BCUT2D eigenvalue weighted by Crippen LogP contribution is 2.31. The minimum absolute atomic E-state index is 0.785. The van der Waals surface area contributed by atoms with Gasteiger partial charge in [-0.15, -0.1) is 23.1 Å². The molecule has 1 N–H and O–H groups in total. The highest BCUT2D eigenvalue weighted by molar-refractivity contribution is 7.98. The molecule has 3 aromatic rings. The topological polar surface area (TPSA) is 37.8 Å². The monoisotopic (exact) mass is 315 g/mol. The third-order valence-electron chi connectivity index (χ3n) is 3.21. The van der Waals surface area contributed by atoms with Gasteiger partial charge in [-0.25, -0.2) is 9.97 Å². The van der Waals surface area contributed by atoms with Gasteiger partial charge in [0.05, 0.1) is 5.39 Å². The van der Waals surface area contributed by atoms with E-state index in [1.807, 2.05) is 0 Å². The summed E-state index contributed by atoms with van der Waals surface area (Å²) >= 11 is 3.45. The van der Waals surface area contributed by atoms with E-state index < -0.39 is 0 Å². The van der Waals surface area contributed by atoms with E-state index in [9.17, 15) is 0 Å². The van der Waals surface area contributed by atoms with E-state index in [1.54, 1.807) is 23.1 Å². The Morgan fingerprint density at radius 3 is 2.62 bits per heavy atom. The number of hydrogen-bond acceptors (Lipinski definition) is 5. The second-order valence-electron chi connectivity index (χ2n) is 4.73. The van der Waals surface area contributed by atoms with Crippen molar-refractivity contribution in [2.24, 2.45) is 0 Å². The fourth-order valence-corrected chi connectivity index (χ4v) is 3.50. The van der Waals surface area contributed by atoms with E-state index in [0.29, 0.717) is 0 Å². The highest BCUT2D eigenvalue weighted by Gasteiger charge is 2.11. The Kier molecular flexibility index (Phi) is 4.12. The molecule has 5 heteroatoms. The van der Waals surface area contributed by atoms with Gasteiger partial charge >= 0.3 is 0 Å². The maximum atomic E-state index is 4.73. The first-order valence-electron chi connectivity index (χ1n) is 6.87. The molecule has 2 aromatic heterocycles. The van der Waals surface area contributed by atoms with Crippen molar-refractivity contribution in [2.45, 2.75) is 18.7 Å². The summed E-state index contributed by atoms with van der Waals surface area (Å²) in [5.41, 5.74) is 1.06. The Bertz CT molecular complexity index is 763. The zero-order valence-electron chi connectivity index (χ0n) is 12.3. The maximum Gasteiger partial charge on any atom is 0.163 e. The van der Waals surface area contributed by atoms with Crippen LogP contribution in [0.25, 0.3) is 21.6 Å². The summed E-state index contributed by atoms with van der Waals surface area (Å²) in [6, 6.07) is 10.5. The van der Waals surface area contributed by atoms with Crippen LogP contribution in [0.15, 0.2) is 35.2 Å². The Morgan fingerprint density at radius 1 is 1.19 bits per heavy atom. The van der Waals surface area contributed by atoms with Crippen LogP contribution in [0.5, 0.6) is 0 Å². The molecule has 3 rings (SSSR count). The van der Waals surface area contributed by atoms with Crippen LogP contribution in [0.3, 0.4) is 0 Å². The Labute approximate surface area is 132 Å².